The number of morpholine rings is 1. The van der Waals surface area contributed by atoms with Gasteiger partial charge < -0.3 is 9.64 Å². The van der Waals surface area contributed by atoms with Gasteiger partial charge in [-0.15, -0.1) is 6.58 Å². The first-order valence-corrected chi connectivity index (χ1v) is 9.21. The molecule has 136 valence electrons. The Morgan fingerprint density at radius 3 is 2.77 bits per heavy atom. The smallest absolute Gasteiger partial charge is 0.293 e. The van der Waals surface area contributed by atoms with E-state index in [1.54, 1.807) is 24.3 Å². The highest BCUT2D eigenvalue weighted by Crippen LogP contribution is 2.35. The predicted octanol–water partition coefficient (Wildman–Crippen LogP) is 2.82. The van der Waals surface area contributed by atoms with Crippen molar-refractivity contribution in [1.82, 2.24) is 4.90 Å². The minimum atomic E-state index is -0.398. The van der Waals surface area contributed by atoms with Crippen LogP contribution in [0.25, 0.3) is 6.08 Å². The van der Waals surface area contributed by atoms with Crippen molar-refractivity contribution in [3.8, 4) is 0 Å². The number of carbonyl (C=O) groups excluding carboxylic acids is 1. The molecule has 26 heavy (non-hydrogen) atoms. The minimum Gasteiger partial charge on any atom is -0.378 e. The molecule has 1 aromatic rings. The van der Waals surface area contributed by atoms with Crippen molar-refractivity contribution in [1.29, 1.82) is 0 Å². The number of benzene rings is 1. The van der Waals surface area contributed by atoms with E-state index in [4.69, 9.17) is 17.0 Å². The molecule has 2 aliphatic heterocycles. The maximum atomic E-state index is 12.4. The summed E-state index contributed by atoms with van der Waals surface area (Å²) in [5, 5.41) is 11.5. The number of rotatable bonds is 5. The van der Waals surface area contributed by atoms with Crippen molar-refractivity contribution in [3.63, 3.8) is 0 Å². The standard InChI is InChI=1S/C17H17N3O4S2/c1-2-5-19-16(21)15(26-17(19)25)11-12-3-4-13(14(10-12)20(22)23)18-6-8-24-9-7-18/h2-4,10-11H,1,5-9H2/b15-11+. The van der Waals surface area contributed by atoms with Gasteiger partial charge in [-0.1, -0.05) is 36.1 Å². The third-order valence-electron chi connectivity index (χ3n) is 4.03. The van der Waals surface area contributed by atoms with E-state index in [9.17, 15) is 14.9 Å². The molecule has 0 unspecified atom stereocenters. The van der Waals surface area contributed by atoms with E-state index >= 15 is 0 Å². The second-order valence-electron chi connectivity index (χ2n) is 5.69. The van der Waals surface area contributed by atoms with Crippen molar-refractivity contribution < 1.29 is 14.5 Å². The molecule has 2 aliphatic rings. The molecule has 7 nitrogen and oxygen atoms in total. The SMILES string of the molecule is C=CCN1C(=O)/C(=C\c2ccc(N3CCOCC3)c([N+](=O)[O-])c2)SC1=S. The highest BCUT2D eigenvalue weighted by molar-refractivity contribution is 8.26. The molecule has 2 heterocycles. The van der Waals surface area contributed by atoms with Crippen LogP contribution < -0.4 is 4.90 Å². The fraction of sp³-hybridized carbons (Fsp3) is 0.294. The van der Waals surface area contributed by atoms with Gasteiger partial charge in [-0.25, -0.2) is 0 Å². The molecule has 9 heteroatoms. The number of hydrogen-bond acceptors (Lipinski definition) is 7. The van der Waals surface area contributed by atoms with Crippen LogP contribution in [-0.4, -0.2) is 52.9 Å². The van der Waals surface area contributed by atoms with Crippen LogP contribution in [-0.2, 0) is 9.53 Å². The Kier molecular flexibility index (Phi) is 5.70. The Balaban J connectivity index is 1.90. The maximum absolute atomic E-state index is 12.4. The average molecular weight is 391 g/mol. The number of thiocarbonyl (C=S) groups is 1. The van der Waals surface area contributed by atoms with Crippen LogP contribution in [0.4, 0.5) is 11.4 Å². The molecule has 0 aromatic heterocycles. The van der Waals surface area contributed by atoms with E-state index in [0.717, 1.165) is 0 Å². The molecule has 0 aliphatic carbocycles. The van der Waals surface area contributed by atoms with Crippen LogP contribution in [0, 0.1) is 10.1 Å². The fourth-order valence-electron chi connectivity index (χ4n) is 2.79. The summed E-state index contributed by atoms with van der Waals surface area (Å²) >= 11 is 6.39. The van der Waals surface area contributed by atoms with Crippen LogP contribution in [0.15, 0.2) is 35.8 Å². The predicted molar refractivity (Wildman–Crippen MR) is 106 cm³/mol. The number of amides is 1. The topological polar surface area (TPSA) is 75.9 Å². The molecule has 0 spiro atoms. The summed E-state index contributed by atoms with van der Waals surface area (Å²) in [7, 11) is 0. The monoisotopic (exact) mass is 391 g/mol. The molecule has 0 bridgehead atoms. The van der Waals surface area contributed by atoms with Crippen LogP contribution in [0.2, 0.25) is 0 Å². The lowest BCUT2D eigenvalue weighted by Crippen LogP contribution is -2.36. The third-order valence-corrected chi connectivity index (χ3v) is 5.41. The number of thioether (sulfide) groups is 1. The van der Waals surface area contributed by atoms with E-state index in [0.29, 0.717) is 53.3 Å². The lowest BCUT2D eigenvalue weighted by molar-refractivity contribution is -0.384. The fourth-order valence-corrected chi connectivity index (χ4v) is 4.06. The Hall–Kier alpha value is -2.23. The molecule has 2 saturated heterocycles. The molecule has 2 fully saturated rings. The number of nitro benzene ring substituents is 1. The Morgan fingerprint density at radius 2 is 2.12 bits per heavy atom. The van der Waals surface area contributed by atoms with Crippen molar-refractivity contribution in [2.24, 2.45) is 0 Å². The highest BCUT2D eigenvalue weighted by atomic mass is 32.2. The van der Waals surface area contributed by atoms with Gasteiger partial charge in [0.15, 0.2) is 0 Å². The second kappa shape index (κ2) is 7.98. The van der Waals surface area contributed by atoms with E-state index in [1.807, 2.05) is 4.90 Å². The Morgan fingerprint density at radius 1 is 1.38 bits per heavy atom. The van der Waals surface area contributed by atoms with Gasteiger partial charge >= 0.3 is 0 Å². The Bertz CT molecular complexity index is 803. The lowest BCUT2D eigenvalue weighted by atomic mass is 10.1. The van der Waals surface area contributed by atoms with Crippen LogP contribution in [0.5, 0.6) is 0 Å². The van der Waals surface area contributed by atoms with Crippen molar-refractivity contribution in [2.45, 2.75) is 0 Å². The first kappa shape index (κ1) is 18.6. The molecule has 0 N–H and O–H groups in total. The summed E-state index contributed by atoms with van der Waals surface area (Å²) in [5.74, 6) is -0.209. The zero-order valence-corrected chi connectivity index (χ0v) is 15.6. The molecule has 0 atom stereocenters. The number of ether oxygens (including phenoxy) is 1. The van der Waals surface area contributed by atoms with Gasteiger partial charge in [0, 0.05) is 25.7 Å². The molecular weight excluding hydrogens is 374 g/mol. The first-order valence-electron chi connectivity index (χ1n) is 7.98. The number of anilines is 1. The number of carbonyl (C=O) groups is 1. The van der Waals surface area contributed by atoms with E-state index < -0.39 is 4.92 Å². The average Bonchev–Trinajstić information content (AvgIpc) is 2.90. The number of nitro groups is 1. The van der Waals surface area contributed by atoms with Crippen molar-refractivity contribution >= 4 is 51.7 Å². The summed E-state index contributed by atoms with van der Waals surface area (Å²) in [6.07, 6.45) is 3.24. The molecule has 1 aromatic carbocycles. The van der Waals surface area contributed by atoms with Gasteiger partial charge in [-0.3, -0.25) is 19.8 Å². The summed E-state index contributed by atoms with van der Waals surface area (Å²) < 4.78 is 5.76. The zero-order valence-electron chi connectivity index (χ0n) is 13.9. The second-order valence-corrected chi connectivity index (χ2v) is 7.36. The van der Waals surface area contributed by atoms with Gasteiger partial charge in [-0.05, 0) is 17.7 Å². The summed E-state index contributed by atoms with van der Waals surface area (Å²) in [5.41, 5.74) is 1.17. The third kappa shape index (κ3) is 3.79. The molecule has 3 rings (SSSR count). The van der Waals surface area contributed by atoms with E-state index in [1.165, 1.54) is 22.7 Å². The van der Waals surface area contributed by atoms with Crippen LogP contribution in [0.3, 0.4) is 0 Å². The quantitative estimate of drug-likeness (QED) is 0.251. The van der Waals surface area contributed by atoms with Gasteiger partial charge in [0.1, 0.15) is 10.0 Å². The largest absolute Gasteiger partial charge is 0.378 e. The number of hydrogen-bond donors (Lipinski definition) is 0. The van der Waals surface area contributed by atoms with Crippen LogP contribution >= 0.6 is 24.0 Å². The first-order chi connectivity index (χ1) is 12.5. The van der Waals surface area contributed by atoms with Crippen LogP contribution in [0.1, 0.15) is 5.56 Å². The van der Waals surface area contributed by atoms with Crippen molar-refractivity contribution in [2.75, 3.05) is 37.7 Å². The summed E-state index contributed by atoms with van der Waals surface area (Å²) in [6, 6.07) is 4.99. The molecule has 0 radical (unpaired) electrons. The Labute approximate surface area is 160 Å². The zero-order chi connectivity index (χ0) is 18.7. The van der Waals surface area contributed by atoms with Gasteiger partial charge in [0.25, 0.3) is 11.6 Å². The lowest BCUT2D eigenvalue weighted by Gasteiger charge is -2.28. The van der Waals surface area contributed by atoms with E-state index in [2.05, 4.69) is 6.58 Å². The van der Waals surface area contributed by atoms with Gasteiger partial charge in [0.2, 0.25) is 0 Å². The maximum Gasteiger partial charge on any atom is 0.293 e. The van der Waals surface area contributed by atoms with Gasteiger partial charge in [0.05, 0.1) is 23.0 Å². The van der Waals surface area contributed by atoms with Crippen molar-refractivity contribution in [3.05, 3.63) is 51.4 Å². The molecular formula is C17H17N3O4S2. The molecule has 1 amide bonds. The molecule has 0 saturated carbocycles. The summed E-state index contributed by atoms with van der Waals surface area (Å²) in [6.45, 7) is 6.28. The number of nitrogens with zero attached hydrogens (tertiary/aromatic N) is 3. The normalized spacial score (nSPS) is 19.3. The minimum absolute atomic E-state index is 0.0159. The summed E-state index contributed by atoms with van der Waals surface area (Å²) in [4.78, 5) is 27.4. The van der Waals surface area contributed by atoms with Gasteiger partial charge in [-0.2, -0.15) is 0 Å². The highest BCUT2D eigenvalue weighted by Gasteiger charge is 2.31. The van der Waals surface area contributed by atoms with E-state index in [-0.39, 0.29) is 11.6 Å².